The molecular weight excluding hydrogens is 384 g/mol. The van der Waals surface area contributed by atoms with Crippen molar-refractivity contribution in [2.45, 2.75) is 19.9 Å². The number of nitrogens with one attached hydrogen (secondary N) is 2. The Balaban J connectivity index is 1.99. The summed E-state index contributed by atoms with van der Waals surface area (Å²) in [7, 11) is 0. The van der Waals surface area contributed by atoms with E-state index in [0.717, 1.165) is 0 Å². The van der Waals surface area contributed by atoms with E-state index in [4.69, 9.17) is 21.7 Å². The lowest BCUT2D eigenvalue weighted by Crippen LogP contribution is -2.45. The largest absolute Gasteiger partial charge is 0.463 e. The first-order valence-electron chi connectivity index (χ1n) is 8.31. The highest BCUT2D eigenvalue weighted by molar-refractivity contribution is 7.80. The van der Waals surface area contributed by atoms with Gasteiger partial charge in [0.15, 0.2) is 5.11 Å². The number of benzene rings is 1. The molecule has 0 saturated carbocycles. The van der Waals surface area contributed by atoms with Crippen molar-refractivity contribution in [1.29, 1.82) is 0 Å². The number of ether oxygens (including phenoxy) is 2. The highest BCUT2D eigenvalue weighted by Gasteiger charge is 2.33. The Hall–Kier alpha value is -2.71. The normalized spacial score (nSPS) is 16.4. The first kappa shape index (κ1) is 19.1. The van der Waals surface area contributed by atoms with Crippen LogP contribution in [0, 0.1) is 0 Å². The summed E-state index contributed by atoms with van der Waals surface area (Å²) in [5, 5.41) is 8.20. The van der Waals surface area contributed by atoms with E-state index in [9.17, 15) is 9.59 Å². The summed E-state index contributed by atoms with van der Waals surface area (Å²) in [6.07, 6.45) is 0. The third kappa shape index (κ3) is 4.17. The number of carbonyl (C=O) groups excluding carboxylic acids is 2. The Morgan fingerprint density at radius 2 is 1.96 bits per heavy atom. The summed E-state index contributed by atoms with van der Waals surface area (Å²) in [6, 6.07) is 9.93. The average Bonchev–Trinajstić information content (AvgIpc) is 3.16. The van der Waals surface area contributed by atoms with Gasteiger partial charge in [-0.15, -0.1) is 11.3 Å². The van der Waals surface area contributed by atoms with Gasteiger partial charge in [-0.3, -0.25) is 0 Å². The summed E-state index contributed by atoms with van der Waals surface area (Å²) in [5.74, 6) is -0.554. The van der Waals surface area contributed by atoms with Gasteiger partial charge in [-0.1, -0.05) is 24.3 Å². The Morgan fingerprint density at radius 1 is 1.19 bits per heavy atom. The number of rotatable bonds is 5. The van der Waals surface area contributed by atoms with Crippen LogP contribution in [0.4, 0.5) is 0 Å². The number of para-hydroxylation sites is 1. The molecule has 2 aromatic rings. The van der Waals surface area contributed by atoms with Crippen LogP contribution in [0.2, 0.25) is 0 Å². The lowest BCUT2D eigenvalue weighted by molar-refractivity contribution is -0.139. The average molecular weight is 402 g/mol. The van der Waals surface area contributed by atoms with E-state index < -0.39 is 18.0 Å². The molecule has 1 aromatic heterocycles. The van der Waals surface area contributed by atoms with E-state index in [0.29, 0.717) is 32.6 Å². The molecule has 2 N–H and O–H groups in total. The van der Waals surface area contributed by atoms with Gasteiger partial charge in [0.1, 0.15) is 10.6 Å². The maximum absolute atomic E-state index is 12.5. The van der Waals surface area contributed by atoms with Crippen molar-refractivity contribution < 1.29 is 19.1 Å². The number of allylic oxidation sites excluding steroid dienone is 1. The number of carbonyl (C=O) groups is 2. The molecule has 0 bridgehead atoms. The number of thiocarbonyl (C=S) groups is 1. The molecule has 8 heteroatoms. The van der Waals surface area contributed by atoms with Crippen molar-refractivity contribution in [3.63, 3.8) is 0 Å². The molecule has 1 atom stereocenters. The summed E-state index contributed by atoms with van der Waals surface area (Å²) in [6.45, 7) is 3.75. The zero-order valence-corrected chi connectivity index (χ0v) is 16.4. The van der Waals surface area contributed by atoms with Crippen molar-refractivity contribution in [2.75, 3.05) is 6.61 Å². The summed E-state index contributed by atoms with van der Waals surface area (Å²) >= 11 is 6.55. The van der Waals surface area contributed by atoms with E-state index in [2.05, 4.69) is 10.6 Å². The molecule has 0 spiro atoms. The molecule has 140 valence electrons. The topological polar surface area (TPSA) is 76.7 Å². The minimum Gasteiger partial charge on any atom is -0.463 e. The van der Waals surface area contributed by atoms with Crippen LogP contribution < -0.4 is 15.4 Å². The minimum absolute atomic E-state index is 0.252. The van der Waals surface area contributed by atoms with Crippen LogP contribution in [0.15, 0.2) is 53.0 Å². The van der Waals surface area contributed by atoms with Crippen LogP contribution in [-0.2, 0) is 9.53 Å². The standard InChI is InChI=1S/C19H18N2O4S2/c1-3-24-18(23)15-11(2)20-19(26)21-16(15)12-7-4-5-8-13(12)25-17(22)14-9-6-10-27-14/h4-10,16H,3H2,1-2H3,(H2,20,21,26). The van der Waals surface area contributed by atoms with Gasteiger partial charge in [0, 0.05) is 11.3 Å². The molecule has 3 rings (SSSR count). The summed E-state index contributed by atoms with van der Waals surface area (Å²) < 4.78 is 10.8. The molecule has 27 heavy (non-hydrogen) atoms. The third-order valence-electron chi connectivity index (χ3n) is 3.92. The number of hydrogen-bond acceptors (Lipinski definition) is 6. The molecule has 2 heterocycles. The molecule has 0 saturated heterocycles. The van der Waals surface area contributed by atoms with Gasteiger partial charge in [-0.2, -0.15) is 0 Å². The predicted octanol–water partition coefficient (Wildman–Crippen LogP) is 3.32. The molecule has 6 nitrogen and oxygen atoms in total. The second-order valence-corrected chi connectivity index (χ2v) is 7.05. The second-order valence-electron chi connectivity index (χ2n) is 5.70. The van der Waals surface area contributed by atoms with Gasteiger partial charge in [0.25, 0.3) is 0 Å². The molecule has 1 aliphatic rings. The van der Waals surface area contributed by atoms with Crippen LogP contribution in [-0.4, -0.2) is 23.7 Å². The summed E-state index contributed by atoms with van der Waals surface area (Å²) in [4.78, 5) is 25.4. The highest BCUT2D eigenvalue weighted by Crippen LogP contribution is 2.34. The lowest BCUT2D eigenvalue weighted by Gasteiger charge is -2.30. The van der Waals surface area contributed by atoms with Gasteiger partial charge in [-0.05, 0) is 43.6 Å². The molecule has 0 fully saturated rings. The monoisotopic (exact) mass is 402 g/mol. The summed E-state index contributed by atoms with van der Waals surface area (Å²) in [5.41, 5.74) is 1.61. The molecule has 0 aliphatic carbocycles. The van der Waals surface area contributed by atoms with Crippen LogP contribution in [0.5, 0.6) is 5.75 Å². The van der Waals surface area contributed by atoms with E-state index in [-0.39, 0.29) is 6.61 Å². The van der Waals surface area contributed by atoms with E-state index in [1.165, 1.54) is 11.3 Å². The zero-order valence-electron chi connectivity index (χ0n) is 14.8. The second kappa shape index (κ2) is 8.32. The molecular formula is C19H18N2O4S2. The van der Waals surface area contributed by atoms with Crippen molar-refractivity contribution in [3.8, 4) is 5.75 Å². The van der Waals surface area contributed by atoms with Crippen LogP contribution in [0.1, 0.15) is 35.1 Å². The first-order valence-corrected chi connectivity index (χ1v) is 9.60. The van der Waals surface area contributed by atoms with Crippen molar-refractivity contribution in [2.24, 2.45) is 0 Å². The molecule has 1 aromatic carbocycles. The fourth-order valence-electron chi connectivity index (χ4n) is 2.76. The van der Waals surface area contributed by atoms with Crippen LogP contribution in [0.3, 0.4) is 0 Å². The fourth-order valence-corrected chi connectivity index (χ4v) is 3.63. The first-order chi connectivity index (χ1) is 13.0. The zero-order chi connectivity index (χ0) is 19.4. The number of esters is 2. The lowest BCUT2D eigenvalue weighted by atomic mass is 9.95. The molecule has 1 unspecified atom stereocenters. The Morgan fingerprint density at radius 3 is 2.67 bits per heavy atom. The van der Waals surface area contributed by atoms with Crippen LogP contribution in [0.25, 0.3) is 0 Å². The van der Waals surface area contributed by atoms with Gasteiger partial charge in [-0.25, -0.2) is 9.59 Å². The Labute approximate surface area is 166 Å². The van der Waals surface area contributed by atoms with Crippen molar-refractivity contribution in [3.05, 3.63) is 63.5 Å². The molecule has 1 aliphatic heterocycles. The number of hydrogen-bond donors (Lipinski definition) is 2. The maximum atomic E-state index is 12.5. The third-order valence-corrected chi connectivity index (χ3v) is 4.99. The van der Waals surface area contributed by atoms with Gasteiger partial charge in [0.2, 0.25) is 0 Å². The van der Waals surface area contributed by atoms with Crippen molar-refractivity contribution in [1.82, 2.24) is 10.6 Å². The number of thiophene rings is 1. The van der Waals surface area contributed by atoms with Gasteiger partial charge < -0.3 is 20.1 Å². The quantitative estimate of drug-likeness (QED) is 0.451. The Kier molecular flexibility index (Phi) is 5.88. The van der Waals surface area contributed by atoms with Crippen molar-refractivity contribution >= 4 is 40.6 Å². The van der Waals surface area contributed by atoms with E-state index in [1.54, 1.807) is 49.6 Å². The SMILES string of the molecule is CCOC(=O)C1=C(C)NC(=S)NC1c1ccccc1OC(=O)c1cccs1. The van der Waals surface area contributed by atoms with Crippen LogP contribution >= 0.6 is 23.6 Å². The van der Waals surface area contributed by atoms with Gasteiger partial charge in [0.05, 0.1) is 18.2 Å². The minimum atomic E-state index is -0.592. The molecule has 0 radical (unpaired) electrons. The predicted molar refractivity (Wildman–Crippen MR) is 107 cm³/mol. The molecule has 0 amide bonds. The highest BCUT2D eigenvalue weighted by atomic mass is 32.1. The van der Waals surface area contributed by atoms with E-state index >= 15 is 0 Å². The smallest absolute Gasteiger partial charge is 0.353 e. The van der Waals surface area contributed by atoms with Gasteiger partial charge >= 0.3 is 11.9 Å². The maximum Gasteiger partial charge on any atom is 0.353 e. The van der Waals surface area contributed by atoms with E-state index in [1.807, 2.05) is 6.07 Å². The Bertz CT molecular complexity index is 906. The fraction of sp³-hybridized carbons (Fsp3) is 0.211.